The number of aromatic amines is 1. The Bertz CT molecular complexity index is 1270. The predicted molar refractivity (Wildman–Crippen MR) is 128 cm³/mol. The number of ether oxygens (including phenoxy) is 1. The minimum Gasteiger partial charge on any atom is -0.481 e. The Balaban J connectivity index is 1.21. The molecule has 0 radical (unpaired) electrons. The molecule has 0 saturated carbocycles. The molecular formula is C26H26N4O5. The maximum atomic E-state index is 12.9. The zero-order valence-electron chi connectivity index (χ0n) is 19.4. The van der Waals surface area contributed by atoms with Gasteiger partial charge in [0.25, 0.3) is 5.91 Å². The van der Waals surface area contributed by atoms with E-state index in [-0.39, 0.29) is 42.4 Å². The number of carboxylic acid groups (broad SMARTS) is 1. The van der Waals surface area contributed by atoms with E-state index in [1.807, 2.05) is 43.3 Å². The van der Waals surface area contributed by atoms with Crippen LogP contribution in [0.15, 0.2) is 54.6 Å². The third-order valence-electron chi connectivity index (χ3n) is 7.26. The van der Waals surface area contributed by atoms with Crippen molar-refractivity contribution < 1.29 is 24.2 Å². The van der Waals surface area contributed by atoms with Crippen molar-refractivity contribution in [3.05, 3.63) is 71.4 Å². The molecule has 3 N–H and O–H groups in total. The van der Waals surface area contributed by atoms with Crippen LogP contribution in [0, 0.1) is 11.3 Å². The quantitative estimate of drug-likeness (QED) is 0.514. The molecule has 1 saturated heterocycles. The second-order valence-electron chi connectivity index (χ2n) is 9.43. The third-order valence-corrected chi connectivity index (χ3v) is 7.26. The van der Waals surface area contributed by atoms with Gasteiger partial charge in [0.15, 0.2) is 5.82 Å². The number of hydrogen-bond acceptors (Lipinski definition) is 5. The van der Waals surface area contributed by atoms with Crippen LogP contribution in [0.5, 0.6) is 0 Å². The SMILES string of the molecule is C[C@@H]1CN(C(=O)c2cc(NC(=O)OCC3c4ccccc4-c4ccccc43)n[nH]2)C[C@@]1(C)C(=O)O. The third kappa shape index (κ3) is 3.92. The number of anilines is 1. The fraction of sp³-hybridized carbons (Fsp3) is 0.308. The summed E-state index contributed by atoms with van der Waals surface area (Å²) in [6.07, 6.45) is -0.675. The van der Waals surface area contributed by atoms with E-state index in [9.17, 15) is 19.5 Å². The van der Waals surface area contributed by atoms with Gasteiger partial charge < -0.3 is 14.7 Å². The van der Waals surface area contributed by atoms with E-state index in [0.717, 1.165) is 22.3 Å². The van der Waals surface area contributed by atoms with E-state index < -0.39 is 17.5 Å². The van der Waals surface area contributed by atoms with Crippen LogP contribution in [0.3, 0.4) is 0 Å². The van der Waals surface area contributed by atoms with Crippen LogP contribution in [0.4, 0.5) is 10.6 Å². The zero-order chi connectivity index (χ0) is 24.7. The number of carbonyl (C=O) groups is 3. The number of carbonyl (C=O) groups excluding carboxylic acids is 2. The molecular weight excluding hydrogens is 448 g/mol. The number of benzene rings is 2. The summed E-state index contributed by atoms with van der Waals surface area (Å²) in [7, 11) is 0. The Hall–Kier alpha value is -4.14. The molecule has 180 valence electrons. The molecule has 1 aliphatic carbocycles. The van der Waals surface area contributed by atoms with Gasteiger partial charge in [-0.1, -0.05) is 55.5 Å². The van der Waals surface area contributed by atoms with Crippen molar-refractivity contribution in [2.24, 2.45) is 11.3 Å². The minimum absolute atomic E-state index is 0.0647. The fourth-order valence-corrected chi connectivity index (χ4v) is 4.99. The van der Waals surface area contributed by atoms with E-state index in [2.05, 4.69) is 27.6 Å². The second-order valence-corrected chi connectivity index (χ2v) is 9.43. The summed E-state index contributed by atoms with van der Waals surface area (Å²) in [5.41, 5.74) is 3.67. The van der Waals surface area contributed by atoms with Gasteiger partial charge in [0.05, 0.1) is 5.41 Å². The molecule has 9 heteroatoms. The first-order valence-electron chi connectivity index (χ1n) is 11.5. The van der Waals surface area contributed by atoms with Crippen LogP contribution in [0.25, 0.3) is 11.1 Å². The smallest absolute Gasteiger partial charge is 0.412 e. The predicted octanol–water partition coefficient (Wildman–Crippen LogP) is 3.95. The lowest BCUT2D eigenvalue weighted by Crippen LogP contribution is -2.36. The molecule has 2 aliphatic rings. The van der Waals surface area contributed by atoms with Gasteiger partial charge in [-0.3, -0.25) is 20.0 Å². The summed E-state index contributed by atoms with van der Waals surface area (Å²) in [6, 6.07) is 17.6. The number of aliphatic carboxylic acids is 1. The minimum atomic E-state index is -1.00. The Kier molecular flexibility index (Phi) is 5.55. The lowest BCUT2D eigenvalue weighted by atomic mass is 9.81. The largest absolute Gasteiger partial charge is 0.481 e. The maximum Gasteiger partial charge on any atom is 0.412 e. The molecule has 0 spiro atoms. The molecule has 1 aromatic heterocycles. The van der Waals surface area contributed by atoms with Gasteiger partial charge in [0.1, 0.15) is 12.3 Å². The van der Waals surface area contributed by atoms with E-state index in [0.29, 0.717) is 6.54 Å². The number of rotatable bonds is 5. The number of fused-ring (bicyclic) bond motifs is 3. The number of H-pyrrole nitrogens is 1. The van der Waals surface area contributed by atoms with Gasteiger partial charge in [0.2, 0.25) is 0 Å². The molecule has 35 heavy (non-hydrogen) atoms. The average Bonchev–Trinajstić information content (AvgIpc) is 3.52. The first kappa shape index (κ1) is 22.6. The summed E-state index contributed by atoms with van der Waals surface area (Å²) in [4.78, 5) is 38.5. The van der Waals surface area contributed by atoms with Gasteiger partial charge in [-0.25, -0.2) is 4.79 Å². The first-order chi connectivity index (χ1) is 16.8. The van der Waals surface area contributed by atoms with Crippen molar-refractivity contribution in [3.8, 4) is 11.1 Å². The van der Waals surface area contributed by atoms with Crippen molar-refractivity contribution in [3.63, 3.8) is 0 Å². The summed E-state index contributed by atoms with van der Waals surface area (Å²) in [6.45, 7) is 4.06. The van der Waals surface area contributed by atoms with E-state index in [1.165, 1.54) is 11.0 Å². The Labute approximate surface area is 202 Å². The van der Waals surface area contributed by atoms with Crippen molar-refractivity contribution >= 4 is 23.8 Å². The topological polar surface area (TPSA) is 125 Å². The van der Waals surface area contributed by atoms with Crippen LogP contribution in [0.1, 0.15) is 41.4 Å². The number of nitrogens with one attached hydrogen (secondary N) is 2. The van der Waals surface area contributed by atoms with Crippen LogP contribution in [-0.2, 0) is 9.53 Å². The van der Waals surface area contributed by atoms with E-state index in [4.69, 9.17) is 4.74 Å². The highest BCUT2D eigenvalue weighted by molar-refractivity contribution is 5.95. The molecule has 2 amide bonds. The van der Waals surface area contributed by atoms with Gasteiger partial charge in [0, 0.05) is 25.1 Å². The number of hydrogen-bond donors (Lipinski definition) is 3. The normalized spacial score (nSPS) is 20.9. The van der Waals surface area contributed by atoms with Crippen molar-refractivity contribution in [1.29, 1.82) is 0 Å². The Morgan fingerprint density at radius 3 is 2.37 bits per heavy atom. The van der Waals surface area contributed by atoms with Crippen molar-refractivity contribution in [2.75, 3.05) is 25.0 Å². The maximum absolute atomic E-state index is 12.9. The van der Waals surface area contributed by atoms with Crippen LogP contribution in [-0.4, -0.2) is 57.9 Å². The monoisotopic (exact) mass is 474 g/mol. The van der Waals surface area contributed by atoms with Gasteiger partial charge in [-0.2, -0.15) is 5.10 Å². The number of nitrogens with zero attached hydrogens (tertiary/aromatic N) is 2. The van der Waals surface area contributed by atoms with Gasteiger partial charge in [-0.05, 0) is 35.1 Å². The average molecular weight is 475 g/mol. The lowest BCUT2D eigenvalue weighted by molar-refractivity contribution is -0.148. The molecule has 1 aliphatic heterocycles. The van der Waals surface area contributed by atoms with E-state index in [1.54, 1.807) is 6.92 Å². The molecule has 1 fully saturated rings. The molecule has 2 atom stereocenters. The highest BCUT2D eigenvalue weighted by atomic mass is 16.5. The van der Waals surface area contributed by atoms with Gasteiger partial charge in [-0.15, -0.1) is 0 Å². The molecule has 3 aromatic rings. The zero-order valence-corrected chi connectivity index (χ0v) is 19.4. The highest BCUT2D eigenvalue weighted by Crippen LogP contribution is 2.44. The number of carboxylic acids is 1. The highest BCUT2D eigenvalue weighted by Gasteiger charge is 2.48. The number of amides is 2. The molecule has 0 bridgehead atoms. The van der Waals surface area contributed by atoms with Crippen molar-refractivity contribution in [2.45, 2.75) is 19.8 Å². The summed E-state index contributed by atoms with van der Waals surface area (Å²) >= 11 is 0. The fourth-order valence-electron chi connectivity index (χ4n) is 4.99. The first-order valence-corrected chi connectivity index (χ1v) is 11.5. The summed E-state index contributed by atoms with van der Waals surface area (Å²) in [5, 5.41) is 18.7. The van der Waals surface area contributed by atoms with Gasteiger partial charge >= 0.3 is 12.1 Å². The lowest BCUT2D eigenvalue weighted by Gasteiger charge is -2.22. The summed E-state index contributed by atoms with van der Waals surface area (Å²) < 4.78 is 5.52. The van der Waals surface area contributed by atoms with Crippen LogP contribution >= 0.6 is 0 Å². The second kappa shape index (κ2) is 8.57. The number of likely N-dealkylation sites (tertiary alicyclic amines) is 1. The van der Waals surface area contributed by atoms with Crippen molar-refractivity contribution in [1.82, 2.24) is 15.1 Å². The molecule has 2 aromatic carbocycles. The molecule has 2 heterocycles. The van der Waals surface area contributed by atoms with E-state index >= 15 is 0 Å². The summed E-state index contributed by atoms with van der Waals surface area (Å²) in [5.74, 6) is -1.40. The molecule has 0 unspecified atom stereocenters. The number of aromatic nitrogens is 2. The Morgan fingerprint density at radius 1 is 1.14 bits per heavy atom. The van der Waals surface area contributed by atoms with Crippen LogP contribution < -0.4 is 5.32 Å². The Morgan fingerprint density at radius 2 is 1.77 bits per heavy atom. The standard InChI is InChI=1S/C26H26N4O5/c1-15-12-30(14-26(15,2)24(32)33)23(31)21-11-22(29-28-21)27-25(34)35-13-20-18-9-5-3-7-16(18)17-8-4-6-10-19(17)20/h3-11,15,20H,12-14H2,1-2H3,(H,32,33)(H2,27,28,29,34)/t15-,26-/m1/s1. The molecule has 9 nitrogen and oxygen atoms in total. The van der Waals surface area contributed by atoms with Crippen LogP contribution in [0.2, 0.25) is 0 Å². The molecule has 5 rings (SSSR count).